The van der Waals surface area contributed by atoms with Crippen molar-refractivity contribution in [2.75, 3.05) is 13.1 Å². The molecule has 1 N–H and O–H groups in total. The van der Waals surface area contributed by atoms with Crippen molar-refractivity contribution in [1.29, 1.82) is 0 Å². The second-order valence-electron chi connectivity index (χ2n) is 7.34. The Hall–Kier alpha value is -1.70. The minimum Gasteiger partial charge on any atom is -0.391 e. The fourth-order valence-corrected chi connectivity index (χ4v) is 6.28. The Morgan fingerprint density at radius 3 is 2.72 bits per heavy atom. The van der Waals surface area contributed by atoms with Crippen LogP contribution in [-0.2, 0) is 10.0 Å². The Balaban J connectivity index is 1.45. The highest BCUT2D eigenvalue weighted by atomic mass is 32.2. The first-order valence-corrected chi connectivity index (χ1v) is 10.4. The molecule has 1 aliphatic carbocycles. The van der Waals surface area contributed by atoms with Crippen LogP contribution in [0.2, 0.25) is 0 Å². The lowest BCUT2D eigenvalue weighted by molar-refractivity contribution is 0.0342. The van der Waals surface area contributed by atoms with Crippen molar-refractivity contribution in [3.8, 4) is 11.3 Å². The van der Waals surface area contributed by atoms with E-state index in [2.05, 4.69) is 21.7 Å². The summed E-state index contributed by atoms with van der Waals surface area (Å²) < 4.78 is 28.6. The van der Waals surface area contributed by atoms with Crippen molar-refractivity contribution in [1.82, 2.24) is 13.9 Å². The van der Waals surface area contributed by atoms with Gasteiger partial charge >= 0.3 is 0 Å². The first-order chi connectivity index (χ1) is 12.1. The van der Waals surface area contributed by atoms with Gasteiger partial charge in [0, 0.05) is 24.6 Å². The molecule has 25 heavy (non-hydrogen) atoms. The van der Waals surface area contributed by atoms with Gasteiger partial charge in [0.15, 0.2) is 0 Å². The van der Waals surface area contributed by atoms with Crippen LogP contribution in [0.15, 0.2) is 36.8 Å². The lowest BCUT2D eigenvalue weighted by atomic mass is 9.84. The smallest absolute Gasteiger partial charge is 0.217 e. The second-order valence-corrected chi connectivity index (χ2v) is 9.55. The third-order valence-electron chi connectivity index (χ3n) is 5.83. The molecule has 1 aromatic heterocycles. The average molecular weight is 359 g/mol. The highest BCUT2D eigenvalue weighted by Crippen LogP contribution is 2.46. The molecule has 3 atom stereocenters. The molecular formula is C18H21N3O3S. The van der Waals surface area contributed by atoms with Crippen molar-refractivity contribution >= 4 is 10.0 Å². The van der Waals surface area contributed by atoms with Gasteiger partial charge in [0.05, 0.1) is 35.6 Å². The van der Waals surface area contributed by atoms with Crippen LogP contribution in [0.5, 0.6) is 0 Å². The maximum atomic E-state index is 12.5. The number of nitrogens with zero attached hydrogens (tertiary/aromatic N) is 3. The normalized spacial score (nSPS) is 29.4. The second kappa shape index (κ2) is 5.40. The molecule has 1 saturated heterocycles. The largest absolute Gasteiger partial charge is 0.391 e. The van der Waals surface area contributed by atoms with Gasteiger partial charge < -0.3 is 9.67 Å². The van der Waals surface area contributed by atoms with Crippen LogP contribution in [0.3, 0.4) is 0 Å². The topological polar surface area (TPSA) is 75.4 Å². The quantitative estimate of drug-likeness (QED) is 0.904. The summed E-state index contributed by atoms with van der Waals surface area (Å²) in [5.74, 6) is -0.0118. The summed E-state index contributed by atoms with van der Waals surface area (Å²) in [6, 6.07) is 8.24. The van der Waals surface area contributed by atoms with E-state index in [0.29, 0.717) is 13.0 Å². The molecule has 6 nitrogen and oxygen atoms in total. The van der Waals surface area contributed by atoms with Crippen LogP contribution in [0.1, 0.15) is 30.9 Å². The Morgan fingerprint density at radius 1 is 1.16 bits per heavy atom. The van der Waals surface area contributed by atoms with Gasteiger partial charge in [-0.25, -0.2) is 13.4 Å². The summed E-state index contributed by atoms with van der Waals surface area (Å²) in [6.07, 6.45) is 5.18. The number of rotatable bonds is 3. The number of aliphatic hydroxyl groups is 1. The molecule has 0 unspecified atom stereocenters. The van der Waals surface area contributed by atoms with E-state index in [1.54, 1.807) is 0 Å². The Labute approximate surface area is 147 Å². The summed E-state index contributed by atoms with van der Waals surface area (Å²) in [5, 5.41) is 10.6. The molecular weight excluding hydrogens is 338 g/mol. The molecule has 1 aromatic carbocycles. The van der Waals surface area contributed by atoms with E-state index in [-0.39, 0.29) is 23.8 Å². The molecule has 0 bridgehead atoms. The van der Waals surface area contributed by atoms with Crippen molar-refractivity contribution < 1.29 is 13.5 Å². The van der Waals surface area contributed by atoms with Crippen molar-refractivity contribution in [3.63, 3.8) is 0 Å². The van der Waals surface area contributed by atoms with E-state index in [9.17, 15) is 13.5 Å². The number of aromatic nitrogens is 2. The molecule has 3 heterocycles. The molecule has 2 aliphatic heterocycles. The van der Waals surface area contributed by atoms with E-state index in [4.69, 9.17) is 0 Å². The molecule has 5 rings (SSSR count). The number of hydrogen-bond donors (Lipinski definition) is 1. The molecule has 3 aliphatic rings. The van der Waals surface area contributed by atoms with E-state index in [1.165, 1.54) is 9.87 Å². The van der Waals surface area contributed by atoms with Gasteiger partial charge in [-0.15, -0.1) is 0 Å². The predicted molar refractivity (Wildman–Crippen MR) is 93.4 cm³/mol. The highest BCUT2D eigenvalue weighted by Gasteiger charge is 2.46. The van der Waals surface area contributed by atoms with Gasteiger partial charge in [0.2, 0.25) is 10.0 Å². The molecule has 2 fully saturated rings. The minimum absolute atomic E-state index is 0.0118. The van der Waals surface area contributed by atoms with E-state index in [1.807, 2.05) is 24.7 Å². The first-order valence-electron chi connectivity index (χ1n) is 8.85. The fourth-order valence-electron chi connectivity index (χ4n) is 4.41. The minimum atomic E-state index is -3.22. The predicted octanol–water partition coefficient (Wildman–Crippen LogP) is 1.63. The summed E-state index contributed by atoms with van der Waals surface area (Å²) in [7, 11) is -3.22. The van der Waals surface area contributed by atoms with E-state index < -0.39 is 16.1 Å². The van der Waals surface area contributed by atoms with Gasteiger partial charge in [0.25, 0.3) is 0 Å². The lowest BCUT2D eigenvalue weighted by Crippen LogP contribution is -2.49. The van der Waals surface area contributed by atoms with Crippen molar-refractivity contribution in [3.05, 3.63) is 42.4 Å². The van der Waals surface area contributed by atoms with Crippen LogP contribution < -0.4 is 0 Å². The molecule has 2 aromatic rings. The first kappa shape index (κ1) is 15.5. The molecule has 132 valence electrons. The number of benzene rings is 1. The SMILES string of the molecule is O=S(=O)(C1CC1)N1CC[C@@H]([C@H]2c3ccccc3-c3cncn32)[C@H](O)C1. The number of imidazole rings is 1. The Kier molecular flexibility index (Phi) is 3.36. The highest BCUT2D eigenvalue weighted by molar-refractivity contribution is 7.90. The third-order valence-corrected chi connectivity index (χ3v) is 8.19. The van der Waals surface area contributed by atoms with Gasteiger partial charge in [0.1, 0.15) is 0 Å². The zero-order chi connectivity index (χ0) is 17.2. The molecule has 0 spiro atoms. The van der Waals surface area contributed by atoms with Gasteiger partial charge in [-0.3, -0.25) is 0 Å². The summed E-state index contributed by atoms with van der Waals surface area (Å²) in [6.45, 7) is 0.690. The van der Waals surface area contributed by atoms with Crippen LogP contribution >= 0.6 is 0 Å². The van der Waals surface area contributed by atoms with Gasteiger partial charge in [-0.2, -0.15) is 4.31 Å². The third kappa shape index (κ3) is 2.29. The van der Waals surface area contributed by atoms with Gasteiger partial charge in [-0.05, 0) is 24.8 Å². The molecule has 1 saturated carbocycles. The summed E-state index contributed by atoms with van der Waals surface area (Å²) in [4.78, 5) is 4.27. The fraction of sp³-hybridized carbons (Fsp3) is 0.500. The summed E-state index contributed by atoms with van der Waals surface area (Å²) >= 11 is 0. The van der Waals surface area contributed by atoms with Crippen LogP contribution in [0.4, 0.5) is 0 Å². The average Bonchev–Trinajstić information content (AvgIpc) is 3.29. The molecule has 7 heteroatoms. The van der Waals surface area contributed by atoms with Gasteiger partial charge in [-0.1, -0.05) is 24.3 Å². The van der Waals surface area contributed by atoms with Crippen molar-refractivity contribution in [2.45, 2.75) is 36.7 Å². The summed E-state index contributed by atoms with van der Waals surface area (Å²) in [5.41, 5.74) is 3.42. The van der Waals surface area contributed by atoms with Crippen LogP contribution in [-0.4, -0.2) is 51.8 Å². The lowest BCUT2D eigenvalue weighted by Gasteiger charge is -2.38. The zero-order valence-electron chi connectivity index (χ0n) is 13.8. The number of hydrogen-bond acceptors (Lipinski definition) is 4. The maximum absolute atomic E-state index is 12.5. The van der Waals surface area contributed by atoms with Crippen molar-refractivity contribution in [2.24, 2.45) is 5.92 Å². The number of β-amino-alcohol motifs (C(OH)–C–C–N with tert-alkyl or cyclic N) is 1. The number of fused-ring (bicyclic) bond motifs is 3. The maximum Gasteiger partial charge on any atom is 0.217 e. The van der Waals surface area contributed by atoms with Crippen LogP contribution in [0, 0.1) is 5.92 Å². The van der Waals surface area contributed by atoms with Crippen LogP contribution in [0.25, 0.3) is 11.3 Å². The molecule has 0 radical (unpaired) electrons. The van der Waals surface area contributed by atoms with E-state index >= 15 is 0 Å². The number of aliphatic hydroxyl groups excluding tert-OH is 1. The zero-order valence-corrected chi connectivity index (χ0v) is 14.6. The Morgan fingerprint density at radius 2 is 1.96 bits per heavy atom. The standard InChI is InChI=1S/C18H21N3O3S/c22-17-10-20(25(23,24)12-5-6-12)8-7-15(17)18-14-4-2-1-3-13(14)16-9-19-11-21(16)18/h1-4,9,11-12,15,17-18,22H,5-8,10H2/t15-,17-,18-/m1/s1. The monoisotopic (exact) mass is 359 g/mol. The number of piperidine rings is 1. The Bertz CT molecular complexity index is 919. The molecule has 0 amide bonds. The van der Waals surface area contributed by atoms with E-state index in [0.717, 1.165) is 24.1 Å². The number of sulfonamides is 1.